The van der Waals surface area contributed by atoms with E-state index in [2.05, 4.69) is 57.5 Å². The maximum Gasteiger partial charge on any atom is 0.243 e. The second-order valence-electron chi connectivity index (χ2n) is 20.2. The Morgan fingerprint density at radius 3 is 1.90 bits per heavy atom. The Kier molecular flexibility index (Phi) is 24.3. The van der Waals surface area contributed by atoms with Gasteiger partial charge in [0.1, 0.15) is 42.3 Å². The zero-order chi connectivity index (χ0) is 57.5. The summed E-state index contributed by atoms with van der Waals surface area (Å²) in [7, 11) is 0. The summed E-state index contributed by atoms with van der Waals surface area (Å²) in [5, 5.41) is 22.2. The Morgan fingerprint density at radius 2 is 1.28 bits per heavy atom. The Morgan fingerprint density at radius 1 is 0.705 bits per heavy atom. The number of nitrogens with one attached hydrogen (secondary N) is 9. The predicted molar refractivity (Wildman–Crippen MR) is 294 cm³/mol. The third-order valence-electron chi connectivity index (χ3n) is 12.9. The van der Waals surface area contributed by atoms with Gasteiger partial charge in [-0.15, -0.1) is 0 Å². The average Bonchev–Trinajstić information content (AvgIpc) is 3.79. The minimum Gasteiger partial charge on any atom is -0.370 e. The minimum atomic E-state index is -1.47. The van der Waals surface area contributed by atoms with Crippen LogP contribution in [0.25, 0.3) is 10.9 Å². The van der Waals surface area contributed by atoms with Crippen LogP contribution in [0, 0.1) is 0 Å². The number of amides is 9. The zero-order valence-corrected chi connectivity index (χ0v) is 44.9. The van der Waals surface area contributed by atoms with Gasteiger partial charge in [0.2, 0.25) is 53.2 Å². The number of benzene rings is 2. The van der Waals surface area contributed by atoms with Crippen LogP contribution >= 0.6 is 0 Å². The molecule has 3 aromatic rings. The van der Waals surface area contributed by atoms with Crippen molar-refractivity contribution in [1.29, 1.82) is 0 Å². The van der Waals surface area contributed by atoms with Gasteiger partial charge in [-0.3, -0.25) is 53.1 Å². The van der Waals surface area contributed by atoms with Crippen molar-refractivity contribution < 1.29 is 43.2 Å². The molecule has 1 saturated heterocycles. The Labute approximate surface area is 453 Å². The minimum absolute atomic E-state index is 0.0144. The van der Waals surface area contributed by atoms with E-state index in [9.17, 15) is 43.2 Å². The molecule has 26 heteroatoms. The molecule has 2 aromatic carbocycles. The van der Waals surface area contributed by atoms with Crippen molar-refractivity contribution in [1.82, 2.24) is 47.5 Å². The van der Waals surface area contributed by atoms with Crippen LogP contribution in [-0.4, -0.2) is 139 Å². The molecule has 426 valence electrons. The summed E-state index contributed by atoms with van der Waals surface area (Å²) in [6, 6.07) is 5.23. The van der Waals surface area contributed by atoms with Crippen LogP contribution in [0.1, 0.15) is 102 Å². The summed E-state index contributed by atoms with van der Waals surface area (Å²) in [6.07, 6.45) is 1.17. The van der Waals surface area contributed by atoms with Crippen molar-refractivity contribution in [3.63, 3.8) is 0 Å². The smallest absolute Gasteiger partial charge is 0.243 e. The van der Waals surface area contributed by atoms with Gasteiger partial charge in [0.15, 0.2) is 11.9 Å². The molecular weight excluding hydrogens is 1010 g/mol. The van der Waals surface area contributed by atoms with Crippen molar-refractivity contribution in [2.75, 3.05) is 26.2 Å². The van der Waals surface area contributed by atoms with Crippen molar-refractivity contribution in [2.24, 2.45) is 44.4 Å². The van der Waals surface area contributed by atoms with Gasteiger partial charge in [-0.2, -0.15) is 0 Å². The number of fused-ring (bicyclic) bond motifs is 1. The zero-order valence-electron chi connectivity index (χ0n) is 44.9. The van der Waals surface area contributed by atoms with Gasteiger partial charge in [-0.05, 0) is 86.1 Å². The Bertz CT molecular complexity index is 2620. The number of aliphatic imine (C=N–C) groups is 2. The first kappa shape index (κ1) is 62.3. The van der Waals surface area contributed by atoms with Crippen LogP contribution in [-0.2, 0) is 61.4 Å². The number of rotatable bonds is 18. The molecule has 0 unspecified atom stereocenters. The van der Waals surface area contributed by atoms with Gasteiger partial charge in [-0.25, -0.2) is 0 Å². The highest BCUT2D eigenvalue weighted by molar-refractivity contribution is 5.98. The van der Waals surface area contributed by atoms with Gasteiger partial charge in [-0.1, -0.05) is 63.2 Å². The van der Waals surface area contributed by atoms with Crippen LogP contribution in [0.15, 0.2) is 64.7 Å². The lowest BCUT2D eigenvalue weighted by atomic mass is 9.86. The summed E-state index contributed by atoms with van der Waals surface area (Å²) in [5.74, 6) is -7.35. The number of hydrogen-bond acceptors (Lipinski definition) is 12. The number of para-hydroxylation sites is 1. The van der Waals surface area contributed by atoms with Crippen molar-refractivity contribution in [3.05, 3.63) is 71.4 Å². The normalized spacial score (nSPS) is 21.0. The largest absolute Gasteiger partial charge is 0.370 e. The molecule has 1 aromatic heterocycles. The lowest BCUT2D eigenvalue weighted by Crippen LogP contribution is -2.60. The molecule has 78 heavy (non-hydrogen) atoms. The summed E-state index contributed by atoms with van der Waals surface area (Å²) >= 11 is 0. The average molecular weight is 1090 g/mol. The first-order valence-corrected chi connectivity index (χ1v) is 26.1. The summed E-state index contributed by atoms with van der Waals surface area (Å²) in [5.41, 5.74) is 36.6. The van der Waals surface area contributed by atoms with E-state index in [1.54, 1.807) is 18.3 Å². The van der Waals surface area contributed by atoms with Crippen LogP contribution in [0.4, 0.5) is 0 Å². The fraction of sp³-hybridized carbons (Fsp3) is 0.519. The number of aromatic nitrogens is 1. The van der Waals surface area contributed by atoms with Crippen molar-refractivity contribution in [3.8, 4) is 0 Å². The number of primary amides is 1. The number of nitrogens with two attached hydrogens (primary N) is 6. The van der Waals surface area contributed by atoms with E-state index in [0.29, 0.717) is 11.1 Å². The summed E-state index contributed by atoms with van der Waals surface area (Å²) in [6.45, 7) is 7.34. The van der Waals surface area contributed by atoms with Gasteiger partial charge in [0.05, 0.1) is 0 Å². The van der Waals surface area contributed by atoms with E-state index < -0.39 is 95.5 Å². The predicted octanol–water partition coefficient (Wildman–Crippen LogP) is -2.70. The first-order valence-electron chi connectivity index (χ1n) is 26.1. The fourth-order valence-corrected chi connectivity index (χ4v) is 8.63. The van der Waals surface area contributed by atoms with E-state index in [1.807, 2.05) is 57.2 Å². The van der Waals surface area contributed by atoms with E-state index in [0.717, 1.165) is 16.5 Å². The number of carbonyl (C=O) groups is 9. The number of guanidine groups is 2. The molecule has 0 bridgehead atoms. The van der Waals surface area contributed by atoms with Crippen molar-refractivity contribution >= 4 is 76.0 Å². The Hall–Kier alpha value is -8.29. The number of hydrogen-bond donors (Lipinski definition) is 15. The molecule has 21 N–H and O–H groups in total. The van der Waals surface area contributed by atoms with Crippen LogP contribution in [0.5, 0.6) is 0 Å². The molecule has 9 amide bonds. The van der Waals surface area contributed by atoms with Gasteiger partial charge >= 0.3 is 0 Å². The number of nitrogens with zero attached hydrogens (tertiary/aromatic N) is 2. The van der Waals surface area contributed by atoms with Crippen LogP contribution < -0.4 is 76.9 Å². The van der Waals surface area contributed by atoms with E-state index in [-0.39, 0.29) is 114 Å². The summed E-state index contributed by atoms with van der Waals surface area (Å²) in [4.78, 5) is 136. The SMILES string of the molecule is CC(=O)N[C@@H](CCCN=C(N)N)C(=O)N[C@H]1CCC(=O)NCCC[C@@H](C(N)=O)NC(=O)[C@H](Cc2c[nH]c3ccccc23)NC(=O)[C@H](CCCN=C(N)N)NC(=O)[C@@H](Cc2ccc(C(C)(C)C)cc2)NC(=O)[C@H](CCN)NC1=O. The van der Waals surface area contributed by atoms with Gasteiger partial charge in [0, 0.05) is 62.9 Å². The molecule has 0 aliphatic carbocycles. The molecule has 4 rings (SSSR count). The molecule has 7 atom stereocenters. The molecule has 0 radical (unpaired) electrons. The summed E-state index contributed by atoms with van der Waals surface area (Å²) < 4.78 is 0. The van der Waals surface area contributed by atoms with Crippen molar-refractivity contribution in [2.45, 2.75) is 146 Å². The monoisotopic (exact) mass is 1090 g/mol. The van der Waals surface area contributed by atoms with E-state index >= 15 is 0 Å². The van der Waals surface area contributed by atoms with Gasteiger partial charge in [0.25, 0.3) is 0 Å². The quantitative estimate of drug-likeness (QED) is 0.0350. The van der Waals surface area contributed by atoms with Crippen LogP contribution in [0.3, 0.4) is 0 Å². The van der Waals surface area contributed by atoms with Gasteiger partial charge < -0.3 is 81.9 Å². The lowest BCUT2D eigenvalue weighted by molar-refractivity contribution is -0.136. The second kappa shape index (κ2) is 30.5. The maximum atomic E-state index is 14.8. The number of H-pyrrole nitrogens is 1. The standard InChI is InChI=1S/C52H79N17O9/c1-29(70)63-36(13-8-24-60-50(55)56)44(73)66-38-19-20-42(71)59-23-7-12-35(43(54)72)64-49(78)41(27-31-28-62-34-11-6-5-10-33(31)34)69-45(74)37(14-9-25-61-51(57)58)65-48(77)40(68-47(76)39(21-22-53)67-46(38)75)26-30-15-17-32(18-16-30)52(2,3)4/h5-6,10-11,15-18,28,35-41,62H,7-9,12-14,19-27,53H2,1-4H3,(H2,54,72)(H,59,71)(H,63,70)(H,64,78)(H,65,77)(H,66,73)(H,67,75)(H,68,76)(H,69,74)(H4,55,56,60)(H4,57,58,61)/t35-,36-,37-,38-,39-,40+,41-/m0/s1. The first-order chi connectivity index (χ1) is 36.9. The van der Waals surface area contributed by atoms with E-state index in [1.165, 1.54) is 6.92 Å². The number of aromatic amines is 1. The van der Waals surface area contributed by atoms with E-state index in [4.69, 9.17) is 34.4 Å². The fourth-order valence-electron chi connectivity index (χ4n) is 8.63. The molecule has 0 saturated carbocycles. The third kappa shape index (κ3) is 20.7. The highest BCUT2D eigenvalue weighted by atomic mass is 16.2. The lowest BCUT2D eigenvalue weighted by Gasteiger charge is -2.28. The topological polar surface area (TPSA) is 446 Å². The molecule has 1 fully saturated rings. The molecule has 2 heterocycles. The third-order valence-corrected chi connectivity index (χ3v) is 12.9. The molecule has 0 spiro atoms. The molecule has 1 aliphatic rings. The Balaban J connectivity index is 1.80. The second-order valence-corrected chi connectivity index (χ2v) is 20.2. The maximum absolute atomic E-state index is 14.8. The highest BCUT2D eigenvalue weighted by Gasteiger charge is 2.35. The number of carbonyl (C=O) groups excluding carboxylic acids is 9. The molecule has 1 aliphatic heterocycles. The highest BCUT2D eigenvalue weighted by Crippen LogP contribution is 2.23. The van der Waals surface area contributed by atoms with Crippen LogP contribution in [0.2, 0.25) is 0 Å². The molecule has 26 nitrogen and oxygen atoms in total. The molecular formula is C52H79N17O9.